The van der Waals surface area contributed by atoms with Crippen molar-refractivity contribution in [2.75, 3.05) is 6.54 Å². The lowest BCUT2D eigenvalue weighted by Crippen LogP contribution is -2.29. The molecule has 1 rings (SSSR count). The second-order valence-electron chi connectivity index (χ2n) is 3.18. The van der Waals surface area contributed by atoms with Gasteiger partial charge in [-0.2, -0.15) is 0 Å². The van der Waals surface area contributed by atoms with Crippen LogP contribution in [-0.4, -0.2) is 17.3 Å². The van der Waals surface area contributed by atoms with Gasteiger partial charge in [0, 0.05) is 6.54 Å². The maximum atomic E-state index is 11.0. The number of halogens is 2. The van der Waals surface area contributed by atoms with Crippen molar-refractivity contribution in [3.63, 3.8) is 0 Å². The van der Waals surface area contributed by atoms with Gasteiger partial charge in [-0.1, -0.05) is 53.5 Å². The van der Waals surface area contributed by atoms with Gasteiger partial charge in [0.15, 0.2) is 4.84 Å². The van der Waals surface area contributed by atoms with Crippen LogP contribution >= 0.6 is 23.2 Å². The first-order valence-corrected chi connectivity index (χ1v) is 5.67. The van der Waals surface area contributed by atoms with Gasteiger partial charge in [-0.25, -0.2) is 0 Å². The van der Waals surface area contributed by atoms with Gasteiger partial charge in [-0.05, 0) is 18.4 Å². The SMILES string of the molecule is O=C(NCCCc1ccccc1)C(Cl)Cl. The molecule has 0 saturated carbocycles. The number of hydrogen-bond donors (Lipinski definition) is 1. The third-order valence-corrected chi connectivity index (χ3v) is 2.38. The highest BCUT2D eigenvalue weighted by Crippen LogP contribution is 2.03. The normalized spacial score (nSPS) is 10.3. The van der Waals surface area contributed by atoms with Gasteiger partial charge >= 0.3 is 0 Å². The van der Waals surface area contributed by atoms with E-state index in [2.05, 4.69) is 17.4 Å². The number of rotatable bonds is 5. The summed E-state index contributed by atoms with van der Waals surface area (Å²) >= 11 is 10.8. The Morgan fingerprint density at radius 3 is 2.53 bits per heavy atom. The first-order valence-electron chi connectivity index (χ1n) is 4.80. The van der Waals surface area contributed by atoms with Gasteiger partial charge in [0.05, 0.1) is 0 Å². The van der Waals surface area contributed by atoms with E-state index < -0.39 is 4.84 Å². The average Bonchev–Trinajstić information content (AvgIpc) is 2.25. The fourth-order valence-corrected chi connectivity index (χ4v) is 1.38. The van der Waals surface area contributed by atoms with Crippen LogP contribution < -0.4 is 5.32 Å². The van der Waals surface area contributed by atoms with Crippen LogP contribution in [0, 0.1) is 0 Å². The molecule has 4 heteroatoms. The second-order valence-corrected chi connectivity index (χ2v) is 4.28. The van der Waals surface area contributed by atoms with Crippen LogP contribution in [-0.2, 0) is 11.2 Å². The molecular weight excluding hydrogens is 233 g/mol. The van der Waals surface area contributed by atoms with E-state index in [-0.39, 0.29) is 5.91 Å². The molecule has 1 N–H and O–H groups in total. The number of amides is 1. The molecule has 0 aliphatic rings. The van der Waals surface area contributed by atoms with Crippen molar-refractivity contribution in [3.05, 3.63) is 35.9 Å². The van der Waals surface area contributed by atoms with E-state index in [9.17, 15) is 4.79 Å². The van der Waals surface area contributed by atoms with E-state index in [0.29, 0.717) is 6.54 Å². The summed E-state index contributed by atoms with van der Waals surface area (Å²) in [5.74, 6) is -0.327. The molecular formula is C11H13Cl2NO. The molecule has 1 amide bonds. The third-order valence-electron chi connectivity index (χ3n) is 1.98. The Morgan fingerprint density at radius 1 is 1.27 bits per heavy atom. The predicted molar refractivity (Wildman–Crippen MR) is 63.3 cm³/mol. The van der Waals surface area contributed by atoms with E-state index >= 15 is 0 Å². The van der Waals surface area contributed by atoms with Gasteiger partial charge in [-0.15, -0.1) is 0 Å². The molecule has 0 spiro atoms. The van der Waals surface area contributed by atoms with Crippen molar-refractivity contribution in [3.8, 4) is 0 Å². The zero-order chi connectivity index (χ0) is 11.1. The van der Waals surface area contributed by atoms with Gasteiger partial charge in [0.25, 0.3) is 5.91 Å². The standard InChI is InChI=1S/C11H13Cl2NO/c12-10(13)11(15)14-8-4-7-9-5-2-1-3-6-9/h1-3,5-6,10H,4,7-8H2,(H,14,15). The molecule has 0 aromatic heterocycles. The summed E-state index contributed by atoms with van der Waals surface area (Å²) in [5.41, 5.74) is 1.26. The van der Waals surface area contributed by atoms with E-state index in [0.717, 1.165) is 12.8 Å². The molecule has 1 aromatic rings. The molecule has 0 fully saturated rings. The molecule has 0 atom stereocenters. The fraction of sp³-hybridized carbons (Fsp3) is 0.364. The minimum Gasteiger partial charge on any atom is -0.354 e. The number of carbonyl (C=O) groups is 1. The lowest BCUT2D eigenvalue weighted by Gasteiger charge is -2.05. The summed E-state index contributed by atoms with van der Waals surface area (Å²) in [6.45, 7) is 0.601. The van der Waals surface area contributed by atoms with Crippen molar-refractivity contribution in [2.24, 2.45) is 0 Å². The Balaban J connectivity index is 2.15. The maximum absolute atomic E-state index is 11.0. The Bertz CT molecular complexity index is 301. The van der Waals surface area contributed by atoms with Crippen molar-refractivity contribution in [1.82, 2.24) is 5.32 Å². The molecule has 15 heavy (non-hydrogen) atoms. The van der Waals surface area contributed by atoms with Crippen LogP contribution in [0.4, 0.5) is 0 Å². The molecule has 82 valence electrons. The van der Waals surface area contributed by atoms with E-state index in [1.807, 2.05) is 18.2 Å². The molecule has 0 unspecified atom stereocenters. The molecule has 0 bridgehead atoms. The maximum Gasteiger partial charge on any atom is 0.253 e. The molecule has 1 aromatic carbocycles. The minimum absolute atomic E-state index is 0.327. The molecule has 0 saturated heterocycles. The van der Waals surface area contributed by atoms with Crippen molar-refractivity contribution in [1.29, 1.82) is 0 Å². The van der Waals surface area contributed by atoms with Crippen LogP contribution in [0.3, 0.4) is 0 Å². The average molecular weight is 246 g/mol. The summed E-state index contributed by atoms with van der Waals surface area (Å²) in [4.78, 5) is 10.0. The van der Waals surface area contributed by atoms with Crippen LogP contribution in [0.15, 0.2) is 30.3 Å². The molecule has 2 nitrogen and oxygen atoms in total. The summed E-state index contributed by atoms with van der Waals surface area (Å²) < 4.78 is 0. The lowest BCUT2D eigenvalue weighted by atomic mass is 10.1. The highest BCUT2D eigenvalue weighted by Gasteiger charge is 2.09. The Kier molecular flexibility index (Phi) is 5.51. The predicted octanol–water partition coefficient (Wildman–Crippen LogP) is 2.54. The minimum atomic E-state index is -0.971. The van der Waals surface area contributed by atoms with Crippen molar-refractivity contribution >= 4 is 29.1 Å². The number of hydrogen-bond acceptors (Lipinski definition) is 1. The number of carbonyl (C=O) groups excluding carboxylic acids is 1. The fourth-order valence-electron chi connectivity index (χ4n) is 1.23. The molecule has 0 aliphatic heterocycles. The van der Waals surface area contributed by atoms with Crippen LogP contribution in [0.5, 0.6) is 0 Å². The number of aryl methyl sites for hydroxylation is 1. The smallest absolute Gasteiger partial charge is 0.253 e. The van der Waals surface area contributed by atoms with Crippen molar-refractivity contribution < 1.29 is 4.79 Å². The molecule has 0 aliphatic carbocycles. The summed E-state index contributed by atoms with van der Waals surface area (Å²) in [5, 5.41) is 2.65. The van der Waals surface area contributed by atoms with Crippen LogP contribution in [0.1, 0.15) is 12.0 Å². The van der Waals surface area contributed by atoms with E-state index in [1.54, 1.807) is 0 Å². The number of alkyl halides is 2. The van der Waals surface area contributed by atoms with Crippen molar-refractivity contribution in [2.45, 2.75) is 17.7 Å². The zero-order valence-corrected chi connectivity index (χ0v) is 9.76. The van der Waals surface area contributed by atoms with Gasteiger partial charge in [0.2, 0.25) is 0 Å². The van der Waals surface area contributed by atoms with Gasteiger partial charge < -0.3 is 5.32 Å². The summed E-state index contributed by atoms with van der Waals surface area (Å²) in [7, 11) is 0. The molecule has 0 radical (unpaired) electrons. The van der Waals surface area contributed by atoms with Gasteiger partial charge in [0.1, 0.15) is 0 Å². The monoisotopic (exact) mass is 245 g/mol. The van der Waals surface area contributed by atoms with Crippen LogP contribution in [0.25, 0.3) is 0 Å². The first kappa shape index (κ1) is 12.3. The topological polar surface area (TPSA) is 29.1 Å². The zero-order valence-electron chi connectivity index (χ0n) is 8.25. The Labute approximate surface area is 99.6 Å². The van der Waals surface area contributed by atoms with Crippen LogP contribution in [0.2, 0.25) is 0 Å². The third kappa shape index (κ3) is 5.05. The molecule has 0 heterocycles. The second kappa shape index (κ2) is 6.70. The first-order chi connectivity index (χ1) is 7.20. The Hall–Kier alpha value is -0.730. The largest absolute Gasteiger partial charge is 0.354 e. The summed E-state index contributed by atoms with van der Waals surface area (Å²) in [6.07, 6.45) is 1.83. The lowest BCUT2D eigenvalue weighted by molar-refractivity contribution is -0.119. The quantitative estimate of drug-likeness (QED) is 0.627. The highest BCUT2D eigenvalue weighted by atomic mass is 35.5. The van der Waals surface area contributed by atoms with E-state index in [1.165, 1.54) is 5.56 Å². The van der Waals surface area contributed by atoms with Gasteiger partial charge in [-0.3, -0.25) is 4.79 Å². The Morgan fingerprint density at radius 2 is 1.93 bits per heavy atom. The number of nitrogens with one attached hydrogen (secondary N) is 1. The van der Waals surface area contributed by atoms with E-state index in [4.69, 9.17) is 23.2 Å². The highest BCUT2D eigenvalue weighted by molar-refractivity contribution is 6.53. The number of benzene rings is 1. The summed E-state index contributed by atoms with van der Waals surface area (Å²) in [6, 6.07) is 10.1.